The van der Waals surface area contributed by atoms with Crippen LogP contribution in [0.5, 0.6) is 0 Å². The van der Waals surface area contributed by atoms with Gasteiger partial charge in [-0.05, 0) is 50.6 Å². The van der Waals surface area contributed by atoms with Crippen molar-refractivity contribution >= 4 is 0 Å². The van der Waals surface area contributed by atoms with E-state index in [1.54, 1.807) is 0 Å². The molecule has 2 rings (SSSR count). The quantitative estimate of drug-likeness (QED) is 0.633. The van der Waals surface area contributed by atoms with Crippen molar-refractivity contribution in [1.29, 1.82) is 0 Å². The van der Waals surface area contributed by atoms with Gasteiger partial charge in [0, 0.05) is 6.04 Å². The summed E-state index contributed by atoms with van der Waals surface area (Å²) in [5, 5.41) is 0. The van der Waals surface area contributed by atoms with Crippen LogP contribution in [0.25, 0.3) is 0 Å². The van der Waals surface area contributed by atoms with Gasteiger partial charge in [-0.2, -0.15) is 0 Å². The maximum atomic E-state index is 2.74. The second-order valence-electron chi connectivity index (χ2n) is 5.12. The molecule has 0 N–H and O–H groups in total. The lowest BCUT2D eigenvalue weighted by Gasteiger charge is -2.44. The van der Waals surface area contributed by atoms with E-state index in [4.69, 9.17) is 0 Å². The first-order valence-corrected chi connectivity index (χ1v) is 6.03. The van der Waals surface area contributed by atoms with Gasteiger partial charge in [0.1, 0.15) is 0 Å². The molecule has 1 heterocycles. The molecule has 0 atom stereocenters. The van der Waals surface area contributed by atoms with E-state index in [-0.39, 0.29) is 0 Å². The molecular formula is C12H23N. The topological polar surface area (TPSA) is 3.24 Å². The van der Waals surface area contributed by atoms with Crippen molar-refractivity contribution in [3.05, 3.63) is 0 Å². The van der Waals surface area contributed by atoms with Crippen LogP contribution in [-0.2, 0) is 0 Å². The van der Waals surface area contributed by atoms with Crippen molar-refractivity contribution in [3.8, 4) is 0 Å². The first-order chi connectivity index (χ1) is 6.29. The molecule has 0 unspecified atom stereocenters. The highest BCUT2D eigenvalue weighted by molar-refractivity contribution is 4.87. The molecule has 76 valence electrons. The number of nitrogens with zero attached hydrogens (tertiary/aromatic N) is 1. The maximum absolute atomic E-state index is 2.74. The Morgan fingerprint density at radius 3 is 2.23 bits per heavy atom. The van der Waals surface area contributed by atoms with Crippen LogP contribution in [0.4, 0.5) is 0 Å². The highest BCUT2D eigenvalue weighted by Crippen LogP contribution is 2.33. The molecule has 13 heavy (non-hydrogen) atoms. The van der Waals surface area contributed by atoms with Crippen LogP contribution in [0, 0.1) is 11.8 Å². The van der Waals surface area contributed by atoms with Crippen LogP contribution in [-0.4, -0.2) is 24.0 Å². The van der Waals surface area contributed by atoms with Gasteiger partial charge in [-0.3, -0.25) is 0 Å². The number of hydrogen-bond acceptors (Lipinski definition) is 1. The SMILES string of the molecule is CCC1CCN(C2CC(C)C2)CC1. The number of likely N-dealkylation sites (tertiary alicyclic amines) is 1. The zero-order valence-electron chi connectivity index (χ0n) is 9.13. The Morgan fingerprint density at radius 2 is 1.77 bits per heavy atom. The predicted octanol–water partition coefficient (Wildman–Crippen LogP) is 2.91. The summed E-state index contributed by atoms with van der Waals surface area (Å²) in [6.45, 7) is 7.49. The van der Waals surface area contributed by atoms with Crippen LogP contribution in [0.2, 0.25) is 0 Å². The van der Waals surface area contributed by atoms with E-state index in [1.165, 1.54) is 45.2 Å². The summed E-state index contributed by atoms with van der Waals surface area (Å²) in [6.07, 6.45) is 7.26. The Balaban J connectivity index is 1.72. The van der Waals surface area contributed by atoms with Gasteiger partial charge in [-0.25, -0.2) is 0 Å². The van der Waals surface area contributed by atoms with Gasteiger partial charge < -0.3 is 4.90 Å². The maximum Gasteiger partial charge on any atom is 0.0100 e. The number of hydrogen-bond donors (Lipinski definition) is 0. The van der Waals surface area contributed by atoms with E-state index < -0.39 is 0 Å². The van der Waals surface area contributed by atoms with E-state index in [0.29, 0.717) is 0 Å². The summed E-state index contributed by atoms with van der Waals surface area (Å²) in [7, 11) is 0. The van der Waals surface area contributed by atoms with Crippen molar-refractivity contribution in [2.75, 3.05) is 13.1 Å². The van der Waals surface area contributed by atoms with E-state index >= 15 is 0 Å². The first kappa shape index (κ1) is 9.51. The van der Waals surface area contributed by atoms with Gasteiger partial charge in [0.25, 0.3) is 0 Å². The molecule has 0 aromatic carbocycles. The lowest BCUT2D eigenvalue weighted by Crippen LogP contribution is -2.47. The molecule has 1 saturated heterocycles. The molecule has 0 amide bonds. The largest absolute Gasteiger partial charge is 0.300 e. The minimum absolute atomic E-state index is 0.966. The molecule has 1 nitrogen and oxygen atoms in total. The predicted molar refractivity (Wildman–Crippen MR) is 56.8 cm³/mol. The molecule has 0 bridgehead atoms. The lowest BCUT2D eigenvalue weighted by molar-refractivity contribution is 0.0539. The molecule has 0 aromatic rings. The Bertz CT molecular complexity index is 153. The van der Waals surface area contributed by atoms with Crippen molar-refractivity contribution in [1.82, 2.24) is 4.90 Å². The van der Waals surface area contributed by atoms with E-state index in [1.807, 2.05) is 0 Å². The molecule has 1 aliphatic heterocycles. The first-order valence-electron chi connectivity index (χ1n) is 6.03. The van der Waals surface area contributed by atoms with Crippen molar-refractivity contribution in [2.24, 2.45) is 11.8 Å². The second kappa shape index (κ2) is 4.00. The standard InChI is InChI=1S/C12H23N/c1-3-11-4-6-13(7-5-11)12-8-10(2)9-12/h10-12H,3-9H2,1-2H3. The minimum atomic E-state index is 0.966. The van der Waals surface area contributed by atoms with Crippen molar-refractivity contribution < 1.29 is 0 Å². The summed E-state index contributed by atoms with van der Waals surface area (Å²) in [6, 6.07) is 0.966. The van der Waals surface area contributed by atoms with Crippen LogP contribution in [0.3, 0.4) is 0 Å². The highest BCUT2D eigenvalue weighted by Gasteiger charge is 2.32. The molecule has 0 aromatic heterocycles. The molecule has 1 heteroatoms. The van der Waals surface area contributed by atoms with Crippen LogP contribution in [0.1, 0.15) is 46.0 Å². The average molecular weight is 181 g/mol. The summed E-state index contributed by atoms with van der Waals surface area (Å²) < 4.78 is 0. The van der Waals surface area contributed by atoms with Crippen molar-refractivity contribution in [3.63, 3.8) is 0 Å². The fraction of sp³-hybridized carbons (Fsp3) is 1.00. The normalized spacial score (nSPS) is 37.4. The van der Waals surface area contributed by atoms with Crippen LogP contribution < -0.4 is 0 Å². The van der Waals surface area contributed by atoms with E-state index in [0.717, 1.165) is 17.9 Å². The summed E-state index contributed by atoms with van der Waals surface area (Å²) in [4.78, 5) is 2.74. The monoisotopic (exact) mass is 181 g/mol. The van der Waals surface area contributed by atoms with Crippen molar-refractivity contribution in [2.45, 2.75) is 52.0 Å². The van der Waals surface area contributed by atoms with Gasteiger partial charge in [0.2, 0.25) is 0 Å². The van der Waals surface area contributed by atoms with Gasteiger partial charge in [0.05, 0.1) is 0 Å². The molecule has 2 fully saturated rings. The highest BCUT2D eigenvalue weighted by atomic mass is 15.2. The zero-order valence-corrected chi connectivity index (χ0v) is 9.13. The number of piperidine rings is 1. The lowest BCUT2D eigenvalue weighted by atomic mass is 9.79. The smallest absolute Gasteiger partial charge is 0.0100 e. The molecular weight excluding hydrogens is 158 g/mol. The third-order valence-corrected chi connectivity index (χ3v) is 4.09. The summed E-state index contributed by atoms with van der Waals surface area (Å²) >= 11 is 0. The third-order valence-electron chi connectivity index (χ3n) is 4.09. The van der Waals surface area contributed by atoms with Gasteiger partial charge in [-0.1, -0.05) is 20.3 Å². The Hall–Kier alpha value is -0.0400. The molecule has 0 spiro atoms. The minimum Gasteiger partial charge on any atom is -0.300 e. The fourth-order valence-electron chi connectivity index (χ4n) is 2.88. The Morgan fingerprint density at radius 1 is 1.15 bits per heavy atom. The Kier molecular flexibility index (Phi) is 2.92. The zero-order chi connectivity index (χ0) is 9.26. The van der Waals surface area contributed by atoms with Gasteiger partial charge in [0.15, 0.2) is 0 Å². The molecule has 1 saturated carbocycles. The van der Waals surface area contributed by atoms with E-state index in [2.05, 4.69) is 18.7 Å². The summed E-state index contributed by atoms with van der Waals surface area (Å²) in [5.74, 6) is 2.04. The Labute approximate surface area is 82.5 Å². The average Bonchev–Trinajstić information content (AvgIpc) is 2.13. The second-order valence-corrected chi connectivity index (χ2v) is 5.12. The summed E-state index contributed by atoms with van der Waals surface area (Å²) in [5.41, 5.74) is 0. The van der Waals surface area contributed by atoms with Crippen LogP contribution in [0.15, 0.2) is 0 Å². The van der Waals surface area contributed by atoms with Gasteiger partial charge in [-0.15, -0.1) is 0 Å². The molecule has 0 radical (unpaired) electrons. The van der Waals surface area contributed by atoms with Gasteiger partial charge >= 0.3 is 0 Å². The molecule has 2 aliphatic rings. The fourth-order valence-corrected chi connectivity index (χ4v) is 2.88. The molecule has 1 aliphatic carbocycles. The van der Waals surface area contributed by atoms with E-state index in [9.17, 15) is 0 Å². The number of rotatable bonds is 2. The third kappa shape index (κ3) is 2.07. The van der Waals surface area contributed by atoms with Crippen LogP contribution >= 0.6 is 0 Å².